The summed E-state index contributed by atoms with van der Waals surface area (Å²) in [5.41, 5.74) is 1.42. The molecule has 0 amide bonds. The van der Waals surface area contributed by atoms with Gasteiger partial charge in [-0.1, -0.05) is 22.4 Å². The largest absolute Gasteiger partial charge is 0.489 e. The number of hydrogen-bond acceptors (Lipinski definition) is 1. The number of ether oxygens (including phenoxy) is 1. The van der Waals surface area contributed by atoms with Crippen molar-refractivity contribution in [3.05, 3.63) is 28.2 Å². The van der Waals surface area contributed by atoms with Crippen molar-refractivity contribution >= 4 is 15.9 Å². The van der Waals surface area contributed by atoms with Gasteiger partial charge in [-0.05, 0) is 37.5 Å². The van der Waals surface area contributed by atoms with Gasteiger partial charge in [0.15, 0.2) is 0 Å². The highest BCUT2D eigenvalue weighted by Crippen LogP contribution is 2.46. The van der Waals surface area contributed by atoms with E-state index in [9.17, 15) is 0 Å². The Morgan fingerprint density at radius 1 is 1.21 bits per heavy atom. The van der Waals surface area contributed by atoms with E-state index in [1.807, 2.05) is 0 Å². The van der Waals surface area contributed by atoms with Gasteiger partial charge in [0.2, 0.25) is 0 Å². The van der Waals surface area contributed by atoms with Crippen LogP contribution in [-0.4, -0.2) is 6.10 Å². The lowest BCUT2D eigenvalue weighted by Crippen LogP contribution is -2.22. The third-order valence-electron chi connectivity index (χ3n) is 3.35. The molecule has 74 valence electrons. The summed E-state index contributed by atoms with van der Waals surface area (Å²) in [6, 6.07) is 6.39. The Kier molecular flexibility index (Phi) is 2.05. The molecule has 14 heavy (non-hydrogen) atoms. The van der Waals surface area contributed by atoms with Crippen molar-refractivity contribution < 1.29 is 4.74 Å². The highest BCUT2D eigenvalue weighted by Gasteiger charge is 2.35. The van der Waals surface area contributed by atoms with Crippen LogP contribution in [0, 0.1) is 0 Å². The first kappa shape index (κ1) is 8.78. The summed E-state index contributed by atoms with van der Waals surface area (Å²) in [6.07, 6.45) is 5.69. The van der Waals surface area contributed by atoms with Crippen molar-refractivity contribution in [2.45, 2.75) is 37.7 Å². The molecule has 0 N–H and O–H groups in total. The molecule has 2 atom stereocenters. The molecule has 3 rings (SSSR count). The summed E-state index contributed by atoms with van der Waals surface area (Å²) in [4.78, 5) is 0. The fourth-order valence-corrected chi connectivity index (χ4v) is 3.05. The normalized spacial score (nSPS) is 29.2. The molecule has 0 spiro atoms. The molecule has 0 bridgehead atoms. The minimum absolute atomic E-state index is 0.466. The Balaban J connectivity index is 2.02. The van der Waals surface area contributed by atoms with Gasteiger partial charge in [0.1, 0.15) is 11.9 Å². The third kappa shape index (κ3) is 1.28. The van der Waals surface area contributed by atoms with E-state index in [2.05, 4.69) is 34.1 Å². The third-order valence-corrected chi connectivity index (χ3v) is 3.85. The molecule has 1 aliphatic heterocycles. The van der Waals surface area contributed by atoms with Gasteiger partial charge < -0.3 is 4.74 Å². The predicted octanol–water partition coefficient (Wildman–Crippen LogP) is 3.87. The monoisotopic (exact) mass is 252 g/mol. The topological polar surface area (TPSA) is 9.23 Å². The Morgan fingerprint density at radius 2 is 2.07 bits per heavy atom. The fourth-order valence-electron chi connectivity index (χ4n) is 2.67. The highest BCUT2D eigenvalue weighted by atomic mass is 79.9. The molecule has 1 saturated carbocycles. The molecule has 1 fully saturated rings. The second-order valence-corrected chi connectivity index (χ2v) is 5.15. The zero-order valence-corrected chi connectivity index (χ0v) is 9.59. The quantitative estimate of drug-likeness (QED) is 0.682. The molecule has 0 aromatic heterocycles. The number of fused-ring (bicyclic) bond motifs is 3. The van der Waals surface area contributed by atoms with Gasteiger partial charge in [0.05, 0.1) is 0 Å². The van der Waals surface area contributed by atoms with Crippen LogP contribution in [0.15, 0.2) is 22.7 Å². The molecular formula is C12H13BrO. The number of rotatable bonds is 0. The first-order valence-electron chi connectivity index (χ1n) is 5.31. The van der Waals surface area contributed by atoms with E-state index in [4.69, 9.17) is 4.74 Å². The standard InChI is InChI=1S/C12H13BrO/c13-8-5-6-12-10(7-8)9-3-1-2-4-11(9)14-12/h5-7,9,11H,1-4H2. The summed E-state index contributed by atoms with van der Waals surface area (Å²) in [6.45, 7) is 0. The second kappa shape index (κ2) is 3.27. The van der Waals surface area contributed by atoms with Gasteiger partial charge in [-0.3, -0.25) is 0 Å². The van der Waals surface area contributed by atoms with Crippen LogP contribution in [-0.2, 0) is 0 Å². The average Bonchev–Trinajstić information content (AvgIpc) is 2.56. The van der Waals surface area contributed by atoms with Crippen LogP contribution in [0.5, 0.6) is 5.75 Å². The Labute approximate surface area is 92.6 Å². The van der Waals surface area contributed by atoms with Crippen LogP contribution in [0.3, 0.4) is 0 Å². The van der Waals surface area contributed by atoms with E-state index < -0.39 is 0 Å². The summed E-state index contributed by atoms with van der Waals surface area (Å²) in [5.74, 6) is 1.78. The number of halogens is 1. The van der Waals surface area contributed by atoms with E-state index in [0.717, 1.165) is 5.75 Å². The van der Waals surface area contributed by atoms with Crippen molar-refractivity contribution in [3.8, 4) is 5.75 Å². The highest BCUT2D eigenvalue weighted by molar-refractivity contribution is 9.10. The molecule has 1 nitrogen and oxygen atoms in total. The molecule has 1 aromatic carbocycles. The summed E-state index contributed by atoms with van der Waals surface area (Å²) >= 11 is 3.53. The molecule has 1 aliphatic carbocycles. The molecule has 1 aromatic rings. The molecule has 2 aliphatic rings. The fraction of sp³-hybridized carbons (Fsp3) is 0.500. The zero-order chi connectivity index (χ0) is 9.54. The van der Waals surface area contributed by atoms with Crippen LogP contribution < -0.4 is 4.74 Å². The maximum Gasteiger partial charge on any atom is 0.123 e. The minimum atomic E-state index is 0.466. The summed E-state index contributed by atoms with van der Waals surface area (Å²) < 4.78 is 7.12. The van der Waals surface area contributed by atoms with Gasteiger partial charge in [-0.25, -0.2) is 0 Å². The van der Waals surface area contributed by atoms with E-state index >= 15 is 0 Å². The number of benzene rings is 1. The van der Waals surface area contributed by atoms with Gasteiger partial charge in [-0.15, -0.1) is 0 Å². The van der Waals surface area contributed by atoms with Crippen molar-refractivity contribution in [2.24, 2.45) is 0 Å². The lowest BCUT2D eigenvalue weighted by atomic mass is 9.83. The van der Waals surface area contributed by atoms with Crippen molar-refractivity contribution in [2.75, 3.05) is 0 Å². The second-order valence-electron chi connectivity index (χ2n) is 4.23. The predicted molar refractivity (Wildman–Crippen MR) is 59.8 cm³/mol. The maximum absolute atomic E-state index is 5.94. The van der Waals surface area contributed by atoms with Gasteiger partial charge in [0, 0.05) is 16.0 Å². The van der Waals surface area contributed by atoms with Crippen LogP contribution in [0.4, 0.5) is 0 Å². The molecular weight excluding hydrogens is 240 g/mol. The van der Waals surface area contributed by atoms with Gasteiger partial charge in [0.25, 0.3) is 0 Å². The SMILES string of the molecule is Brc1ccc2c(c1)C1CCCCC1O2. The van der Waals surface area contributed by atoms with Gasteiger partial charge in [-0.2, -0.15) is 0 Å². The molecule has 0 saturated heterocycles. The molecule has 2 unspecified atom stereocenters. The lowest BCUT2D eigenvalue weighted by Gasteiger charge is -2.23. The van der Waals surface area contributed by atoms with Crippen LogP contribution >= 0.6 is 15.9 Å². The van der Waals surface area contributed by atoms with E-state index in [0.29, 0.717) is 12.0 Å². The Hall–Kier alpha value is -0.500. The van der Waals surface area contributed by atoms with Gasteiger partial charge >= 0.3 is 0 Å². The van der Waals surface area contributed by atoms with Crippen molar-refractivity contribution in [1.82, 2.24) is 0 Å². The first-order valence-corrected chi connectivity index (χ1v) is 6.10. The van der Waals surface area contributed by atoms with Crippen molar-refractivity contribution in [1.29, 1.82) is 0 Å². The summed E-state index contributed by atoms with van der Waals surface area (Å²) in [5, 5.41) is 0. The van der Waals surface area contributed by atoms with E-state index in [-0.39, 0.29) is 0 Å². The minimum Gasteiger partial charge on any atom is -0.489 e. The lowest BCUT2D eigenvalue weighted by molar-refractivity contribution is 0.164. The smallest absolute Gasteiger partial charge is 0.123 e. The molecule has 2 heteroatoms. The van der Waals surface area contributed by atoms with E-state index in [1.54, 1.807) is 0 Å². The molecule has 0 radical (unpaired) electrons. The first-order chi connectivity index (χ1) is 6.84. The van der Waals surface area contributed by atoms with Crippen molar-refractivity contribution in [3.63, 3.8) is 0 Å². The number of hydrogen-bond donors (Lipinski definition) is 0. The average molecular weight is 253 g/mol. The van der Waals surface area contributed by atoms with Crippen LogP contribution in [0.25, 0.3) is 0 Å². The maximum atomic E-state index is 5.94. The Bertz CT molecular complexity index is 361. The Morgan fingerprint density at radius 3 is 3.00 bits per heavy atom. The van der Waals surface area contributed by atoms with Crippen LogP contribution in [0.1, 0.15) is 37.2 Å². The summed E-state index contributed by atoms with van der Waals surface area (Å²) in [7, 11) is 0. The zero-order valence-electron chi connectivity index (χ0n) is 8.00. The van der Waals surface area contributed by atoms with Crippen LogP contribution in [0.2, 0.25) is 0 Å². The molecule has 1 heterocycles. The van der Waals surface area contributed by atoms with E-state index in [1.165, 1.54) is 35.7 Å².